The first-order valence-corrected chi connectivity index (χ1v) is 2.79. The van der Waals surface area contributed by atoms with Gasteiger partial charge in [0.15, 0.2) is 0 Å². The summed E-state index contributed by atoms with van der Waals surface area (Å²) < 4.78 is 4.89. The minimum Gasteiger partial charge on any atom is -0.445 e. The van der Waals surface area contributed by atoms with Gasteiger partial charge in [-0.2, -0.15) is 0 Å². The van der Waals surface area contributed by atoms with Crippen molar-refractivity contribution in [3.63, 3.8) is 0 Å². The van der Waals surface area contributed by atoms with Crippen LogP contribution in [0.5, 0.6) is 0 Å². The number of fused-ring (bicyclic) bond motifs is 1. The maximum atomic E-state index is 10.6. The van der Waals surface area contributed by atoms with Gasteiger partial charge in [0.2, 0.25) is 5.71 Å². The highest BCUT2D eigenvalue weighted by molar-refractivity contribution is 5.66. The summed E-state index contributed by atoms with van der Waals surface area (Å²) in [4.78, 5) is 16.9. The highest BCUT2D eigenvalue weighted by atomic mass is 16.3. The van der Waals surface area contributed by atoms with E-state index in [2.05, 4.69) is 9.97 Å². The number of H-pyrrole nitrogens is 1. The van der Waals surface area contributed by atoms with Gasteiger partial charge in [-0.05, 0) is 0 Å². The minimum atomic E-state index is -0.214. The quantitative estimate of drug-likeness (QED) is 0.574. The van der Waals surface area contributed by atoms with E-state index in [-0.39, 0.29) is 5.56 Å². The molecular weight excluding hydrogens is 132 g/mol. The Labute approximate surface area is 55.5 Å². The first-order valence-electron chi connectivity index (χ1n) is 2.79. The molecule has 0 saturated carbocycles. The molecule has 0 atom stereocenters. The van der Waals surface area contributed by atoms with Crippen molar-refractivity contribution in [1.82, 2.24) is 9.97 Å². The molecule has 2 aromatic heterocycles. The molecule has 0 aliphatic carbocycles. The van der Waals surface area contributed by atoms with Gasteiger partial charge in [-0.3, -0.25) is 4.79 Å². The molecule has 0 amide bonds. The van der Waals surface area contributed by atoms with E-state index in [0.717, 1.165) is 0 Å². The van der Waals surface area contributed by atoms with Gasteiger partial charge in [0.05, 0.1) is 12.5 Å². The number of nitrogens with zero attached hydrogens (tertiary/aromatic N) is 1. The van der Waals surface area contributed by atoms with E-state index < -0.39 is 0 Å². The Hall–Kier alpha value is -1.58. The van der Waals surface area contributed by atoms with E-state index in [4.69, 9.17) is 4.42 Å². The Morgan fingerprint density at radius 2 is 2.50 bits per heavy atom. The summed E-state index contributed by atoms with van der Waals surface area (Å²) in [5.41, 5.74) is 0.876. The van der Waals surface area contributed by atoms with Crippen molar-refractivity contribution >= 4 is 11.2 Å². The maximum Gasteiger partial charge on any atom is 0.267 e. The average Bonchev–Trinajstić information content (AvgIpc) is 2.33. The van der Waals surface area contributed by atoms with Gasteiger partial charge in [0.25, 0.3) is 5.56 Å². The molecule has 0 saturated heterocycles. The molecule has 4 nitrogen and oxygen atoms in total. The molecular formula is C6H4N2O2. The van der Waals surface area contributed by atoms with Crippen molar-refractivity contribution < 1.29 is 4.42 Å². The van der Waals surface area contributed by atoms with Crippen molar-refractivity contribution in [2.24, 2.45) is 0 Å². The number of aromatic amines is 1. The Balaban J connectivity index is 2.99. The minimum absolute atomic E-state index is 0.214. The number of aromatic nitrogens is 2. The molecule has 1 N–H and O–H groups in total. The van der Waals surface area contributed by atoms with Crippen LogP contribution in [0.4, 0.5) is 0 Å². The number of hydrogen-bond donors (Lipinski definition) is 1. The largest absolute Gasteiger partial charge is 0.445 e. The second-order valence-corrected chi connectivity index (χ2v) is 1.89. The van der Waals surface area contributed by atoms with Crippen LogP contribution in [0, 0.1) is 0 Å². The van der Waals surface area contributed by atoms with E-state index in [1.165, 1.54) is 12.5 Å². The first kappa shape index (κ1) is 5.22. The summed E-state index contributed by atoms with van der Waals surface area (Å²) in [5.74, 6) is 0. The van der Waals surface area contributed by atoms with Crippen LogP contribution in [0.2, 0.25) is 0 Å². The summed E-state index contributed by atoms with van der Waals surface area (Å²) in [7, 11) is 0. The zero-order valence-corrected chi connectivity index (χ0v) is 5.00. The molecule has 0 bridgehead atoms. The number of hydrogen-bond acceptors (Lipinski definition) is 3. The second kappa shape index (κ2) is 1.70. The molecule has 50 valence electrons. The zero-order valence-electron chi connectivity index (χ0n) is 5.00. The summed E-state index contributed by atoms with van der Waals surface area (Å²) in [6.45, 7) is 0. The summed E-state index contributed by atoms with van der Waals surface area (Å²) in [5, 5.41) is 0. The summed E-state index contributed by atoms with van der Waals surface area (Å²) in [6, 6.07) is 1.66. The van der Waals surface area contributed by atoms with Crippen LogP contribution in [-0.4, -0.2) is 9.97 Å². The Morgan fingerprint density at radius 1 is 1.60 bits per heavy atom. The van der Waals surface area contributed by atoms with E-state index >= 15 is 0 Å². The fourth-order valence-electron chi connectivity index (χ4n) is 0.779. The van der Waals surface area contributed by atoms with Crippen LogP contribution in [-0.2, 0) is 0 Å². The molecule has 0 radical (unpaired) electrons. The van der Waals surface area contributed by atoms with Crippen molar-refractivity contribution in [2.75, 3.05) is 0 Å². The Bertz CT molecular complexity index is 401. The number of nitrogens with one attached hydrogen (secondary N) is 1. The first-order chi connectivity index (χ1) is 4.86. The van der Waals surface area contributed by atoms with Crippen molar-refractivity contribution in [2.45, 2.75) is 0 Å². The van der Waals surface area contributed by atoms with Crippen LogP contribution in [0.3, 0.4) is 0 Å². The molecule has 4 heteroatoms. The average molecular weight is 136 g/mol. The molecule has 2 aromatic rings. The highest BCUT2D eigenvalue weighted by Gasteiger charge is 1.95. The lowest BCUT2D eigenvalue weighted by Crippen LogP contribution is -2.03. The molecule has 10 heavy (non-hydrogen) atoms. The van der Waals surface area contributed by atoms with Crippen molar-refractivity contribution in [1.29, 1.82) is 0 Å². The van der Waals surface area contributed by atoms with Gasteiger partial charge in [0.1, 0.15) is 5.52 Å². The Kier molecular flexibility index (Phi) is 0.887. The molecule has 0 fully saturated rings. The van der Waals surface area contributed by atoms with Gasteiger partial charge in [0, 0.05) is 6.07 Å². The lowest BCUT2D eigenvalue weighted by Gasteiger charge is -1.82. The van der Waals surface area contributed by atoms with Crippen molar-refractivity contribution in [3.8, 4) is 0 Å². The fourth-order valence-corrected chi connectivity index (χ4v) is 0.779. The van der Waals surface area contributed by atoms with E-state index in [9.17, 15) is 4.79 Å². The van der Waals surface area contributed by atoms with E-state index in [1.807, 2.05) is 0 Å². The maximum absolute atomic E-state index is 10.6. The molecule has 0 aliphatic heterocycles. The van der Waals surface area contributed by atoms with Gasteiger partial charge in [-0.25, -0.2) is 4.98 Å². The second-order valence-electron chi connectivity index (χ2n) is 1.89. The van der Waals surface area contributed by atoms with E-state index in [0.29, 0.717) is 11.2 Å². The van der Waals surface area contributed by atoms with Crippen molar-refractivity contribution in [3.05, 3.63) is 28.9 Å². The molecule has 0 aliphatic rings. The molecule has 2 heterocycles. The van der Waals surface area contributed by atoms with E-state index in [1.54, 1.807) is 6.07 Å². The van der Waals surface area contributed by atoms with Gasteiger partial charge >= 0.3 is 0 Å². The normalized spacial score (nSPS) is 10.4. The third-order valence-electron chi connectivity index (χ3n) is 1.20. The monoisotopic (exact) mass is 136 g/mol. The van der Waals surface area contributed by atoms with Crippen LogP contribution in [0.15, 0.2) is 27.7 Å². The fraction of sp³-hybridized carbons (Fsp3) is 0. The summed E-state index contributed by atoms with van der Waals surface area (Å²) in [6.07, 6.45) is 2.67. The third-order valence-corrected chi connectivity index (χ3v) is 1.20. The number of furan rings is 1. The topological polar surface area (TPSA) is 58.9 Å². The number of rotatable bonds is 0. The van der Waals surface area contributed by atoms with Crippen LogP contribution in [0.25, 0.3) is 11.2 Å². The molecule has 0 unspecified atom stereocenters. The highest BCUT2D eigenvalue weighted by Crippen LogP contribution is 2.04. The predicted octanol–water partition coefficient (Wildman–Crippen LogP) is 0.516. The Morgan fingerprint density at radius 3 is 3.40 bits per heavy atom. The third kappa shape index (κ3) is 0.621. The smallest absolute Gasteiger partial charge is 0.267 e. The standard InChI is InChI=1S/C6H4N2O2/c9-5-3-7-6-4(8-5)1-2-10-6/h1-3H,(H,8,9). The van der Waals surface area contributed by atoms with Crippen LogP contribution >= 0.6 is 0 Å². The summed E-state index contributed by atoms with van der Waals surface area (Å²) >= 11 is 0. The lowest BCUT2D eigenvalue weighted by atomic mass is 10.5. The van der Waals surface area contributed by atoms with Gasteiger partial charge in [-0.1, -0.05) is 0 Å². The zero-order chi connectivity index (χ0) is 6.97. The molecule has 0 spiro atoms. The van der Waals surface area contributed by atoms with Gasteiger partial charge in [-0.15, -0.1) is 0 Å². The lowest BCUT2D eigenvalue weighted by molar-refractivity contribution is 0.602. The molecule has 2 rings (SSSR count). The predicted molar refractivity (Wildman–Crippen MR) is 34.6 cm³/mol. The van der Waals surface area contributed by atoms with Crippen LogP contribution < -0.4 is 5.56 Å². The molecule has 0 aromatic carbocycles. The SMILES string of the molecule is O=c1cnc2occc2[nH]1. The van der Waals surface area contributed by atoms with Crippen LogP contribution in [0.1, 0.15) is 0 Å². The van der Waals surface area contributed by atoms with Gasteiger partial charge < -0.3 is 9.40 Å².